The van der Waals surface area contributed by atoms with Crippen molar-refractivity contribution in [1.29, 1.82) is 0 Å². The molecular weight excluding hydrogens is 321 g/mol. The smallest absolute Gasteiger partial charge is 0.208 e. The Morgan fingerprint density at radius 1 is 1.00 bits per heavy atom. The van der Waals surface area contributed by atoms with Crippen LogP contribution < -0.4 is 0 Å². The van der Waals surface area contributed by atoms with Crippen LogP contribution in [0.4, 0.5) is 4.39 Å². The first kappa shape index (κ1) is 18.2. The molecule has 3 heteroatoms. The van der Waals surface area contributed by atoms with E-state index in [9.17, 15) is 4.39 Å². The van der Waals surface area contributed by atoms with Gasteiger partial charge in [0.05, 0.1) is 0 Å². The molecule has 1 nitrogen and oxygen atoms in total. The van der Waals surface area contributed by atoms with Gasteiger partial charge in [0.1, 0.15) is 5.15 Å². The van der Waals surface area contributed by atoms with E-state index in [-0.39, 0.29) is 11.1 Å². The molecule has 0 bridgehead atoms. The molecule has 2 fully saturated rings. The third kappa shape index (κ3) is 4.50. The zero-order valence-corrected chi connectivity index (χ0v) is 15.7. The summed E-state index contributed by atoms with van der Waals surface area (Å²) in [7, 11) is 0. The Labute approximate surface area is 151 Å². The molecule has 0 spiro atoms. The van der Waals surface area contributed by atoms with Crippen molar-refractivity contribution in [3.8, 4) is 0 Å². The Morgan fingerprint density at radius 2 is 1.62 bits per heavy atom. The van der Waals surface area contributed by atoms with Crippen LogP contribution in [0.3, 0.4) is 0 Å². The normalized spacial score (nSPS) is 31.1. The number of pyridine rings is 1. The van der Waals surface area contributed by atoms with Crippen LogP contribution in [0.25, 0.3) is 0 Å². The summed E-state index contributed by atoms with van der Waals surface area (Å²) in [4.78, 5) is 3.79. The number of hydrogen-bond acceptors (Lipinski definition) is 1. The van der Waals surface area contributed by atoms with Gasteiger partial charge in [0, 0.05) is 5.56 Å². The fourth-order valence-electron chi connectivity index (χ4n) is 5.07. The highest BCUT2D eigenvalue weighted by atomic mass is 35.5. The highest BCUT2D eigenvalue weighted by molar-refractivity contribution is 6.29. The first-order chi connectivity index (χ1) is 11.7. The molecule has 0 saturated heterocycles. The summed E-state index contributed by atoms with van der Waals surface area (Å²) < 4.78 is 14.0. The van der Waals surface area contributed by atoms with E-state index in [0.29, 0.717) is 5.92 Å². The van der Waals surface area contributed by atoms with Crippen LogP contribution in [-0.4, -0.2) is 4.98 Å². The lowest BCUT2D eigenvalue weighted by molar-refractivity contribution is 0.155. The fourth-order valence-corrected chi connectivity index (χ4v) is 5.21. The summed E-state index contributed by atoms with van der Waals surface area (Å²) >= 11 is 5.77. The van der Waals surface area contributed by atoms with Crippen LogP contribution in [0.15, 0.2) is 12.1 Å². The minimum atomic E-state index is -0.359. The lowest BCUT2D eigenvalue weighted by atomic mass is 9.68. The van der Waals surface area contributed by atoms with E-state index in [4.69, 9.17) is 11.6 Å². The van der Waals surface area contributed by atoms with Crippen molar-refractivity contribution < 1.29 is 4.39 Å². The molecule has 1 heterocycles. The van der Waals surface area contributed by atoms with Gasteiger partial charge < -0.3 is 0 Å². The van der Waals surface area contributed by atoms with E-state index in [1.807, 2.05) is 6.07 Å². The van der Waals surface area contributed by atoms with Crippen LogP contribution in [0.2, 0.25) is 5.15 Å². The maximum absolute atomic E-state index is 14.0. The Hall–Kier alpha value is -0.630. The van der Waals surface area contributed by atoms with Crippen molar-refractivity contribution in [2.75, 3.05) is 0 Å². The second-order valence-corrected chi connectivity index (χ2v) is 8.44. The number of aromatic nitrogens is 1. The molecule has 0 N–H and O–H groups in total. The van der Waals surface area contributed by atoms with E-state index in [1.54, 1.807) is 6.07 Å². The number of unbranched alkanes of at least 4 members (excludes halogenated alkanes) is 1. The summed E-state index contributed by atoms with van der Waals surface area (Å²) in [5.41, 5.74) is 0.779. The molecule has 0 amide bonds. The molecular formula is C21H31ClFN. The van der Waals surface area contributed by atoms with Gasteiger partial charge in [0.2, 0.25) is 5.95 Å². The molecule has 0 aromatic carbocycles. The van der Waals surface area contributed by atoms with E-state index < -0.39 is 0 Å². The Bertz CT molecular complexity index is 517. The highest BCUT2D eigenvalue weighted by Gasteiger charge is 2.32. The van der Waals surface area contributed by atoms with Gasteiger partial charge in [-0.1, -0.05) is 56.7 Å². The average molecular weight is 352 g/mol. The molecule has 2 saturated carbocycles. The predicted octanol–water partition coefficient (Wildman–Crippen LogP) is 7.14. The SMILES string of the molecule is CCCCC1CCC(C2CCC(c3ccc(Cl)nc3F)CC2)CC1. The quantitative estimate of drug-likeness (QED) is 0.513. The van der Waals surface area contributed by atoms with Gasteiger partial charge in [0.15, 0.2) is 0 Å². The van der Waals surface area contributed by atoms with Gasteiger partial charge >= 0.3 is 0 Å². The molecule has 1 aromatic heterocycles. The summed E-state index contributed by atoms with van der Waals surface area (Å²) in [6.07, 6.45) is 14.7. The number of halogens is 2. The second kappa shape index (κ2) is 8.65. The highest BCUT2D eigenvalue weighted by Crippen LogP contribution is 2.44. The van der Waals surface area contributed by atoms with Crippen LogP contribution in [-0.2, 0) is 0 Å². The van der Waals surface area contributed by atoms with Crippen molar-refractivity contribution in [2.24, 2.45) is 17.8 Å². The number of hydrogen-bond donors (Lipinski definition) is 0. The van der Waals surface area contributed by atoms with Crippen molar-refractivity contribution in [3.63, 3.8) is 0 Å². The molecule has 2 aliphatic carbocycles. The largest absolute Gasteiger partial charge is 0.217 e. The third-order valence-electron chi connectivity index (χ3n) is 6.58. The molecule has 3 rings (SSSR count). The fraction of sp³-hybridized carbons (Fsp3) is 0.762. The Kier molecular flexibility index (Phi) is 6.55. The van der Waals surface area contributed by atoms with Gasteiger partial charge in [-0.25, -0.2) is 4.98 Å². The minimum Gasteiger partial charge on any atom is -0.208 e. The van der Waals surface area contributed by atoms with Gasteiger partial charge in [-0.05, 0) is 68.3 Å². The van der Waals surface area contributed by atoms with E-state index >= 15 is 0 Å². The van der Waals surface area contributed by atoms with E-state index in [0.717, 1.165) is 36.2 Å². The Morgan fingerprint density at radius 3 is 2.21 bits per heavy atom. The van der Waals surface area contributed by atoms with Gasteiger partial charge in [-0.3, -0.25) is 0 Å². The van der Waals surface area contributed by atoms with E-state index in [2.05, 4.69) is 11.9 Å². The second-order valence-electron chi connectivity index (χ2n) is 8.05. The van der Waals surface area contributed by atoms with Gasteiger partial charge in [-0.15, -0.1) is 0 Å². The summed E-state index contributed by atoms with van der Waals surface area (Å²) in [6.45, 7) is 2.29. The molecule has 0 unspecified atom stereocenters. The third-order valence-corrected chi connectivity index (χ3v) is 6.79. The molecule has 2 aliphatic rings. The topological polar surface area (TPSA) is 12.9 Å². The van der Waals surface area contributed by atoms with Gasteiger partial charge in [-0.2, -0.15) is 4.39 Å². The van der Waals surface area contributed by atoms with Crippen LogP contribution in [0.5, 0.6) is 0 Å². The number of rotatable bonds is 5. The summed E-state index contributed by atoms with van der Waals surface area (Å²) in [6, 6.07) is 3.57. The van der Waals surface area contributed by atoms with Gasteiger partial charge in [0.25, 0.3) is 0 Å². The maximum atomic E-state index is 14.0. The maximum Gasteiger partial charge on any atom is 0.217 e. The zero-order chi connectivity index (χ0) is 16.9. The molecule has 0 radical (unpaired) electrons. The molecule has 134 valence electrons. The summed E-state index contributed by atoms with van der Waals surface area (Å²) in [5, 5.41) is 0.254. The first-order valence-corrected chi connectivity index (χ1v) is 10.4. The monoisotopic (exact) mass is 351 g/mol. The van der Waals surface area contributed by atoms with Crippen LogP contribution >= 0.6 is 11.6 Å². The number of nitrogens with zero attached hydrogens (tertiary/aromatic N) is 1. The summed E-state index contributed by atoms with van der Waals surface area (Å²) in [5.74, 6) is 2.77. The van der Waals surface area contributed by atoms with Crippen LogP contribution in [0, 0.1) is 23.7 Å². The van der Waals surface area contributed by atoms with E-state index in [1.165, 1.54) is 57.8 Å². The lowest BCUT2D eigenvalue weighted by Crippen LogP contribution is -2.25. The molecule has 24 heavy (non-hydrogen) atoms. The molecule has 0 atom stereocenters. The Balaban J connectivity index is 1.47. The lowest BCUT2D eigenvalue weighted by Gasteiger charge is -2.38. The van der Waals surface area contributed by atoms with Crippen LogP contribution in [0.1, 0.15) is 89.0 Å². The average Bonchev–Trinajstić information content (AvgIpc) is 2.61. The standard InChI is InChI=1S/C21H31ClFN/c1-2-3-4-15-5-7-16(8-6-15)17-9-11-18(12-10-17)19-13-14-20(22)24-21(19)23/h13-18H,2-12H2,1H3. The molecule has 0 aliphatic heterocycles. The van der Waals surface area contributed by atoms with Crippen molar-refractivity contribution in [1.82, 2.24) is 4.98 Å². The van der Waals surface area contributed by atoms with Crippen molar-refractivity contribution in [2.45, 2.75) is 83.5 Å². The first-order valence-electron chi connectivity index (χ1n) is 9.99. The molecule has 1 aromatic rings. The predicted molar refractivity (Wildman–Crippen MR) is 98.9 cm³/mol. The van der Waals surface area contributed by atoms with Crippen molar-refractivity contribution in [3.05, 3.63) is 28.8 Å². The zero-order valence-electron chi connectivity index (χ0n) is 14.9. The van der Waals surface area contributed by atoms with Crippen molar-refractivity contribution >= 4 is 11.6 Å². The minimum absolute atomic E-state index is 0.254.